The number of hydrogen-bond acceptors (Lipinski definition) is 3. The maximum absolute atomic E-state index is 11.5. The molecule has 1 aromatic carbocycles. The third kappa shape index (κ3) is 4.07. The molecule has 0 spiro atoms. The lowest BCUT2D eigenvalue weighted by Gasteiger charge is -2.32. The summed E-state index contributed by atoms with van der Waals surface area (Å²) in [6.45, 7) is 3.84. The van der Waals surface area contributed by atoms with Crippen molar-refractivity contribution in [3.8, 4) is 5.75 Å². The van der Waals surface area contributed by atoms with E-state index in [0.717, 1.165) is 24.3 Å². The molecule has 1 atom stereocenters. The van der Waals surface area contributed by atoms with Crippen LogP contribution in [-0.4, -0.2) is 36.9 Å². The predicted molar refractivity (Wildman–Crippen MR) is 81.4 cm³/mol. The molecule has 0 aliphatic carbocycles. The van der Waals surface area contributed by atoms with Crippen LogP contribution >= 0.6 is 0 Å². The van der Waals surface area contributed by atoms with Gasteiger partial charge in [-0.2, -0.15) is 0 Å². The van der Waals surface area contributed by atoms with E-state index in [-0.39, 0.29) is 5.78 Å². The molecular formula is C17H25NO2. The van der Waals surface area contributed by atoms with E-state index in [0.29, 0.717) is 12.5 Å². The van der Waals surface area contributed by atoms with Gasteiger partial charge in [-0.25, -0.2) is 0 Å². The van der Waals surface area contributed by atoms with Crippen LogP contribution in [0.3, 0.4) is 0 Å². The molecular weight excluding hydrogens is 250 g/mol. The van der Waals surface area contributed by atoms with Crippen LogP contribution in [0.5, 0.6) is 5.75 Å². The third-order valence-corrected chi connectivity index (χ3v) is 4.14. The average molecular weight is 275 g/mol. The second-order valence-corrected chi connectivity index (χ2v) is 5.57. The maximum atomic E-state index is 11.5. The van der Waals surface area contributed by atoms with Crippen molar-refractivity contribution in [2.45, 2.75) is 45.1 Å². The first-order chi connectivity index (χ1) is 9.70. The molecule has 1 saturated heterocycles. The highest BCUT2D eigenvalue weighted by Crippen LogP contribution is 2.19. The number of ketones is 1. The molecule has 0 bridgehead atoms. The van der Waals surface area contributed by atoms with Crippen molar-refractivity contribution in [3.63, 3.8) is 0 Å². The molecule has 3 heteroatoms. The van der Waals surface area contributed by atoms with E-state index in [4.69, 9.17) is 4.74 Å². The zero-order valence-corrected chi connectivity index (χ0v) is 12.6. The van der Waals surface area contributed by atoms with Crippen molar-refractivity contribution in [2.24, 2.45) is 0 Å². The molecule has 0 saturated carbocycles. The topological polar surface area (TPSA) is 29.5 Å². The highest BCUT2D eigenvalue weighted by atomic mass is 16.5. The van der Waals surface area contributed by atoms with Crippen molar-refractivity contribution in [2.75, 3.05) is 20.2 Å². The van der Waals surface area contributed by atoms with Gasteiger partial charge in [0.05, 0.1) is 6.61 Å². The summed E-state index contributed by atoms with van der Waals surface area (Å²) in [4.78, 5) is 14.0. The summed E-state index contributed by atoms with van der Waals surface area (Å²) in [5, 5.41) is 0. The minimum absolute atomic E-state index is 0.181. The van der Waals surface area contributed by atoms with Gasteiger partial charge in [0.1, 0.15) is 5.75 Å². The number of nitrogens with zero attached hydrogens (tertiary/aromatic N) is 1. The first-order valence-corrected chi connectivity index (χ1v) is 7.67. The van der Waals surface area contributed by atoms with Crippen LogP contribution in [0.1, 0.15) is 49.4 Å². The first kappa shape index (κ1) is 15.0. The van der Waals surface area contributed by atoms with Crippen LogP contribution in [0.2, 0.25) is 0 Å². The predicted octanol–water partition coefficient (Wildman–Crippen LogP) is 3.53. The molecule has 1 aromatic rings. The van der Waals surface area contributed by atoms with Crippen LogP contribution < -0.4 is 4.74 Å². The Hall–Kier alpha value is -1.35. The number of hydrogen-bond donors (Lipinski definition) is 0. The molecule has 3 nitrogen and oxygen atoms in total. The number of benzene rings is 1. The van der Waals surface area contributed by atoms with Gasteiger partial charge in [-0.3, -0.25) is 4.79 Å². The quantitative estimate of drug-likeness (QED) is 0.744. The van der Waals surface area contributed by atoms with Gasteiger partial charge >= 0.3 is 0 Å². The largest absolute Gasteiger partial charge is 0.494 e. The van der Waals surface area contributed by atoms with E-state index in [2.05, 4.69) is 11.9 Å². The van der Waals surface area contributed by atoms with E-state index in [1.807, 2.05) is 31.2 Å². The Bertz CT molecular complexity index is 427. The summed E-state index contributed by atoms with van der Waals surface area (Å²) in [5.74, 6) is 1.04. The average Bonchev–Trinajstić information content (AvgIpc) is 2.49. The molecule has 1 aliphatic rings. The highest BCUT2D eigenvalue weighted by Gasteiger charge is 2.18. The Kier molecular flexibility index (Phi) is 5.60. The second-order valence-electron chi connectivity index (χ2n) is 5.57. The summed E-state index contributed by atoms with van der Waals surface area (Å²) >= 11 is 0. The fraction of sp³-hybridized carbons (Fsp3) is 0.588. The number of rotatable bonds is 6. The van der Waals surface area contributed by atoms with Gasteiger partial charge in [0.2, 0.25) is 0 Å². The number of likely N-dealkylation sites (tertiary alicyclic amines) is 1. The lowest BCUT2D eigenvalue weighted by molar-refractivity contribution is 0.0988. The Morgan fingerprint density at radius 2 is 2.05 bits per heavy atom. The van der Waals surface area contributed by atoms with Gasteiger partial charge in [0.25, 0.3) is 0 Å². The number of Topliss-reactive ketones (excluding diaryl/α,β-unsaturated/α-hetero) is 1. The van der Waals surface area contributed by atoms with Gasteiger partial charge in [-0.15, -0.1) is 0 Å². The fourth-order valence-electron chi connectivity index (χ4n) is 2.76. The Balaban J connectivity index is 1.77. The molecule has 2 rings (SSSR count). The van der Waals surface area contributed by atoms with Gasteiger partial charge in [-0.1, -0.05) is 13.3 Å². The Labute approximate surface area is 121 Å². The molecule has 0 aromatic heterocycles. The molecule has 110 valence electrons. The standard InChI is InChI=1S/C17H25NO2/c1-3-17(19)14-7-9-16(10-8-14)20-13-11-15-6-4-5-12-18(15)2/h7-10,15H,3-6,11-13H2,1-2H3. The lowest BCUT2D eigenvalue weighted by Crippen LogP contribution is -2.37. The Morgan fingerprint density at radius 1 is 1.30 bits per heavy atom. The Morgan fingerprint density at radius 3 is 2.70 bits per heavy atom. The van der Waals surface area contributed by atoms with Crippen molar-refractivity contribution >= 4 is 5.78 Å². The van der Waals surface area contributed by atoms with Crippen molar-refractivity contribution in [1.82, 2.24) is 4.90 Å². The zero-order chi connectivity index (χ0) is 14.4. The molecule has 1 heterocycles. The minimum atomic E-state index is 0.181. The summed E-state index contributed by atoms with van der Waals surface area (Å²) in [5.41, 5.74) is 0.770. The van der Waals surface area contributed by atoms with Gasteiger partial charge in [0, 0.05) is 18.0 Å². The number of ether oxygens (including phenoxy) is 1. The molecule has 1 unspecified atom stereocenters. The molecule has 0 amide bonds. The summed E-state index contributed by atoms with van der Waals surface area (Å²) in [6.07, 6.45) is 5.56. The lowest BCUT2D eigenvalue weighted by atomic mass is 10.0. The fourth-order valence-corrected chi connectivity index (χ4v) is 2.76. The monoisotopic (exact) mass is 275 g/mol. The van der Waals surface area contributed by atoms with Crippen molar-refractivity contribution in [1.29, 1.82) is 0 Å². The van der Waals surface area contributed by atoms with Gasteiger partial charge < -0.3 is 9.64 Å². The van der Waals surface area contributed by atoms with Crippen molar-refractivity contribution < 1.29 is 9.53 Å². The molecule has 0 radical (unpaired) electrons. The zero-order valence-electron chi connectivity index (χ0n) is 12.6. The SMILES string of the molecule is CCC(=O)c1ccc(OCCC2CCCCN2C)cc1. The summed E-state index contributed by atoms with van der Waals surface area (Å²) < 4.78 is 5.79. The normalized spacial score (nSPS) is 19.8. The third-order valence-electron chi connectivity index (χ3n) is 4.14. The van der Waals surface area contributed by atoms with Crippen LogP contribution in [-0.2, 0) is 0 Å². The molecule has 1 fully saturated rings. The van der Waals surface area contributed by atoms with E-state index in [1.54, 1.807) is 0 Å². The van der Waals surface area contributed by atoms with E-state index in [9.17, 15) is 4.79 Å². The second kappa shape index (κ2) is 7.44. The minimum Gasteiger partial charge on any atom is -0.494 e. The summed E-state index contributed by atoms with van der Waals surface area (Å²) in [7, 11) is 2.20. The summed E-state index contributed by atoms with van der Waals surface area (Å²) in [6, 6.07) is 8.16. The van der Waals surface area contributed by atoms with Crippen LogP contribution in [0.25, 0.3) is 0 Å². The van der Waals surface area contributed by atoms with Gasteiger partial charge in [0.15, 0.2) is 5.78 Å². The van der Waals surface area contributed by atoms with Crippen LogP contribution in [0, 0.1) is 0 Å². The molecule has 0 N–H and O–H groups in total. The van der Waals surface area contributed by atoms with E-state index in [1.165, 1.54) is 25.8 Å². The van der Waals surface area contributed by atoms with Gasteiger partial charge in [-0.05, 0) is 57.1 Å². The molecule has 20 heavy (non-hydrogen) atoms. The van der Waals surface area contributed by atoms with Crippen LogP contribution in [0.4, 0.5) is 0 Å². The smallest absolute Gasteiger partial charge is 0.162 e. The van der Waals surface area contributed by atoms with Crippen molar-refractivity contribution in [3.05, 3.63) is 29.8 Å². The maximum Gasteiger partial charge on any atom is 0.162 e. The van der Waals surface area contributed by atoms with E-state index >= 15 is 0 Å². The number of carbonyl (C=O) groups is 1. The highest BCUT2D eigenvalue weighted by molar-refractivity contribution is 5.95. The number of carbonyl (C=O) groups excluding carboxylic acids is 1. The van der Waals surface area contributed by atoms with E-state index < -0.39 is 0 Å². The van der Waals surface area contributed by atoms with Crippen LogP contribution in [0.15, 0.2) is 24.3 Å². The molecule has 1 aliphatic heterocycles. The number of piperidine rings is 1. The first-order valence-electron chi connectivity index (χ1n) is 7.67.